The van der Waals surface area contributed by atoms with Crippen LogP contribution in [0.3, 0.4) is 0 Å². The van der Waals surface area contributed by atoms with E-state index in [2.05, 4.69) is 41.4 Å². The predicted molar refractivity (Wildman–Crippen MR) is 83.0 cm³/mol. The summed E-state index contributed by atoms with van der Waals surface area (Å²) in [5, 5.41) is 3.29. The van der Waals surface area contributed by atoms with Gasteiger partial charge < -0.3 is 14.5 Å². The number of methoxy groups -OCH3 is 1. The largest absolute Gasteiger partial charge is 0.383 e. The maximum Gasteiger partial charge on any atom is 0.238 e. The van der Waals surface area contributed by atoms with Gasteiger partial charge in [-0.2, -0.15) is 0 Å². The Kier molecular flexibility index (Phi) is 5.73. The molecule has 0 radical (unpaired) electrons. The molecule has 21 heavy (non-hydrogen) atoms. The molecule has 1 unspecified atom stereocenters. The molecular formula is C16H25N3O2. The summed E-state index contributed by atoms with van der Waals surface area (Å²) in [6, 6.07) is 8.35. The highest BCUT2D eigenvalue weighted by molar-refractivity contribution is 5.80. The van der Waals surface area contributed by atoms with Crippen LogP contribution >= 0.6 is 0 Å². The number of hydrogen-bond acceptors (Lipinski definition) is 4. The van der Waals surface area contributed by atoms with Crippen molar-refractivity contribution in [3.8, 4) is 0 Å². The second-order valence-electron chi connectivity index (χ2n) is 5.58. The number of carbonyl (C=O) groups is 1. The third-order valence-electron chi connectivity index (χ3n) is 3.87. The number of nitrogens with zero attached hydrogens (tertiary/aromatic N) is 2. The zero-order chi connectivity index (χ0) is 15.2. The van der Waals surface area contributed by atoms with Crippen LogP contribution in [0.25, 0.3) is 0 Å². The van der Waals surface area contributed by atoms with Crippen LogP contribution in [0.15, 0.2) is 24.3 Å². The first-order valence-corrected chi connectivity index (χ1v) is 7.38. The van der Waals surface area contributed by atoms with Crippen LogP contribution in [0, 0.1) is 6.92 Å². The molecule has 1 saturated heterocycles. The molecule has 0 spiro atoms. The van der Waals surface area contributed by atoms with Crippen molar-refractivity contribution in [2.45, 2.75) is 13.1 Å². The van der Waals surface area contributed by atoms with Crippen molar-refractivity contribution in [3.05, 3.63) is 35.4 Å². The van der Waals surface area contributed by atoms with Crippen LogP contribution in [0.5, 0.6) is 0 Å². The number of rotatable bonds is 7. The van der Waals surface area contributed by atoms with Gasteiger partial charge in [-0.25, -0.2) is 0 Å². The van der Waals surface area contributed by atoms with Gasteiger partial charge in [-0.05, 0) is 19.5 Å². The number of likely N-dealkylation sites (N-methyl/N-ethyl adjacent to an activating group) is 1. The molecule has 1 heterocycles. The Balaban J connectivity index is 1.95. The van der Waals surface area contributed by atoms with Gasteiger partial charge in [0.25, 0.3) is 0 Å². The van der Waals surface area contributed by atoms with Crippen LogP contribution < -0.4 is 5.32 Å². The topological polar surface area (TPSA) is 44.8 Å². The summed E-state index contributed by atoms with van der Waals surface area (Å²) in [5.41, 5.74) is 2.37. The Morgan fingerprint density at radius 1 is 1.33 bits per heavy atom. The molecule has 0 bridgehead atoms. The predicted octanol–water partition coefficient (Wildman–Crippen LogP) is 1.00. The first kappa shape index (κ1) is 15.9. The summed E-state index contributed by atoms with van der Waals surface area (Å²) >= 11 is 0. The second-order valence-corrected chi connectivity index (χ2v) is 5.58. The zero-order valence-corrected chi connectivity index (χ0v) is 13.1. The van der Waals surface area contributed by atoms with Gasteiger partial charge in [0, 0.05) is 26.7 Å². The molecule has 1 amide bonds. The molecule has 116 valence electrons. The highest BCUT2D eigenvalue weighted by Gasteiger charge is 2.31. The van der Waals surface area contributed by atoms with E-state index in [1.807, 2.05) is 11.9 Å². The van der Waals surface area contributed by atoms with E-state index in [9.17, 15) is 4.79 Å². The maximum absolute atomic E-state index is 12.1. The van der Waals surface area contributed by atoms with E-state index in [4.69, 9.17) is 4.74 Å². The minimum absolute atomic E-state index is 0.00562. The van der Waals surface area contributed by atoms with Crippen molar-refractivity contribution in [3.63, 3.8) is 0 Å². The number of amides is 1. The number of ether oxygens (including phenoxy) is 1. The third-order valence-corrected chi connectivity index (χ3v) is 3.87. The number of hydrogen-bond donors (Lipinski definition) is 1. The molecule has 2 rings (SSSR count). The van der Waals surface area contributed by atoms with E-state index in [1.165, 1.54) is 5.56 Å². The van der Waals surface area contributed by atoms with Crippen LogP contribution in [0.4, 0.5) is 0 Å². The van der Waals surface area contributed by atoms with Gasteiger partial charge in [0.1, 0.15) is 6.17 Å². The van der Waals surface area contributed by atoms with Crippen molar-refractivity contribution in [2.75, 3.05) is 46.9 Å². The monoisotopic (exact) mass is 291 g/mol. The summed E-state index contributed by atoms with van der Waals surface area (Å²) in [6.45, 7) is 5.65. The minimum Gasteiger partial charge on any atom is -0.383 e. The molecule has 0 aromatic heterocycles. The molecule has 0 aliphatic carbocycles. The Morgan fingerprint density at radius 3 is 2.71 bits per heavy atom. The molecule has 1 aliphatic rings. The van der Waals surface area contributed by atoms with E-state index in [0.29, 0.717) is 13.2 Å². The lowest BCUT2D eigenvalue weighted by Crippen LogP contribution is -2.37. The average molecular weight is 291 g/mol. The normalized spacial score (nSPS) is 18.8. The maximum atomic E-state index is 12.1. The quantitative estimate of drug-likeness (QED) is 0.814. The van der Waals surface area contributed by atoms with Gasteiger partial charge in [0.15, 0.2) is 0 Å². The van der Waals surface area contributed by atoms with E-state index < -0.39 is 0 Å². The lowest BCUT2D eigenvalue weighted by atomic mass is 10.1. The van der Waals surface area contributed by atoms with E-state index in [-0.39, 0.29) is 12.1 Å². The third kappa shape index (κ3) is 4.27. The van der Waals surface area contributed by atoms with Crippen LogP contribution in [-0.2, 0) is 9.53 Å². The van der Waals surface area contributed by atoms with Gasteiger partial charge in [-0.15, -0.1) is 0 Å². The molecule has 1 aromatic rings. The Morgan fingerprint density at radius 2 is 2.05 bits per heavy atom. The standard InChI is InChI=1S/C16H25N3O2/c1-13-4-6-14(7-5-13)16-17-12-15(20)19(16)9-8-18(2)10-11-21-3/h4-7,16-17H,8-12H2,1-3H3. The average Bonchev–Trinajstić information content (AvgIpc) is 2.85. The first-order chi connectivity index (χ1) is 10.1. The van der Waals surface area contributed by atoms with Gasteiger partial charge in [-0.3, -0.25) is 10.1 Å². The van der Waals surface area contributed by atoms with Crippen molar-refractivity contribution in [1.82, 2.24) is 15.1 Å². The smallest absolute Gasteiger partial charge is 0.238 e. The fourth-order valence-electron chi connectivity index (χ4n) is 2.48. The van der Waals surface area contributed by atoms with Gasteiger partial charge in [-0.1, -0.05) is 29.8 Å². The second kappa shape index (κ2) is 7.54. The van der Waals surface area contributed by atoms with Crippen LogP contribution in [0.1, 0.15) is 17.3 Å². The van der Waals surface area contributed by atoms with Gasteiger partial charge >= 0.3 is 0 Å². The van der Waals surface area contributed by atoms with Crippen molar-refractivity contribution < 1.29 is 9.53 Å². The zero-order valence-electron chi connectivity index (χ0n) is 13.1. The molecule has 1 fully saturated rings. The molecule has 1 N–H and O–H groups in total. The van der Waals surface area contributed by atoms with Crippen molar-refractivity contribution in [2.24, 2.45) is 0 Å². The van der Waals surface area contributed by atoms with E-state index >= 15 is 0 Å². The number of carbonyl (C=O) groups excluding carboxylic acids is 1. The minimum atomic E-state index is -0.00562. The SMILES string of the molecule is COCCN(C)CCN1C(=O)CNC1c1ccc(C)cc1. The van der Waals surface area contributed by atoms with Crippen molar-refractivity contribution >= 4 is 5.91 Å². The van der Waals surface area contributed by atoms with Crippen LogP contribution in [0.2, 0.25) is 0 Å². The summed E-state index contributed by atoms with van der Waals surface area (Å²) < 4.78 is 5.07. The van der Waals surface area contributed by atoms with Gasteiger partial charge in [0.2, 0.25) is 5.91 Å². The fraction of sp³-hybridized carbons (Fsp3) is 0.562. The lowest BCUT2D eigenvalue weighted by Gasteiger charge is -2.27. The molecule has 1 aliphatic heterocycles. The summed E-state index contributed by atoms with van der Waals surface area (Å²) in [4.78, 5) is 16.2. The molecule has 1 aromatic carbocycles. The first-order valence-electron chi connectivity index (χ1n) is 7.38. The fourth-order valence-corrected chi connectivity index (χ4v) is 2.48. The highest BCUT2D eigenvalue weighted by Crippen LogP contribution is 2.22. The van der Waals surface area contributed by atoms with Crippen molar-refractivity contribution in [1.29, 1.82) is 0 Å². The molecule has 1 atom stereocenters. The summed E-state index contributed by atoms with van der Waals surface area (Å²) in [7, 11) is 3.75. The lowest BCUT2D eigenvalue weighted by molar-refractivity contribution is -0.128. The molecule has 0 saturated carbocycles. The number of nitrogens with one attached hydrogen (secondary N) is 1. The molecule has 5 heteroatoms. The van der Waals surface area contributed by atoms with E-state index in [1.54, 1.807) is 7.11 Å². The van der Waals surface area contributed by atoms with Gasteiger partial charge in [0.05, 0.1) is 13.2 Å². The number of aryl methyl sites for hydroxylation is 1. The Labute approximate surface area is 126 Å². The van der Waals surface area contributed by atoms with E-state index in [0.717, 1.165) is 25.2 Å². The number of benzene rings is 1. The van der Waals surface area contributed by atoms with Crippen LogP contribution in [-0.4, -0.2) is 62.7 Å². The highest BCUT2D eigenvalue weighted by atomic mass is 16.5. The molecular weight excluding hydrogens is 266 g/mol. The Bertz CT molecular complexity index is 461. The summed E-state index contributed by atoms with van der Waals surface area (Å²) in [5.74, 6) is 0.167. The molecule has 5 nitrogen and oxygen atoms in total. The Hall–Kier alpha value is -1.43. The summed E-state index contributed by atoms with van der Waals surface area (Å²) in [6.07, 6.45) is -0.00562.